The van der Waals surface area contributed by atoms with E-state index in [4.69, 9.17) is 0 Å². The topological polar surface area (TPSA) is 40.5 Å². The molecule has 0 heterocycles. The van der Waals surface area contributed by atoms with Crippen LogP contribution in [0, 0.1) is 7.14 Å². The van der Waals surface area contributed by atoms with Crippen LogP contribution < -0.4 is 0 Å². The molecule has 0 aliphatic heterocycles. The van der Waals surface area contributed by atoms with Crippen molar-refractivity contribution in [3.8, 4) is 11.5 Å². The molecule has 2 N–H and O–H groups in total. The van der Waals surface area contributed by atoms with Crippen LogP contribution in [0.25, 0.3) is 0 Å². The second-order valence-corrected chi connectivity index (χ2v) is 5.68. The largest absolute Gasteiger partial charge is 0.507 e. The van der Waals surface area contributed by atoms with Gasteiger partial charge in [0.15, 0.2) is 0 Å². The van der Waals surface area contributed by atoms with Gasteiger partial charge in [0.25, 0.3) is 0 Å². The number of hydrogen-bond acceptors (Lipinski definition) is 2. The fraction of sp³-hybridized carbons (Fsp3) is 0. The zero-order chi connectivity index (χ0) is 9.14. The van der Waals surface area contributed by atoms with Crippen molar-refractivity contribution in [3.63, 3.8) is 0 Å². The number of benzene rings is 1. The van der Waals surface area contributed by atoms with Gasteiger partial charge in [-0.2, -0.15) is 0 Å². The Balaban J connectivity index is 3.48. The minimum Gasteiger partial charge on any atom is -0.507 e. The lowest BCUT2D eigenvalue weighted by Crippen LogP contribution is -1.82. The predicted octanol–water partition coefficient (Wildman–Crippen LogP) is 2.24. The molecule has 1 aromatic rings. The van der Waals surface area contributed by atoms with Gasteiger partial charge in [0, 0.05) is 0 Å². The summed E-state index contributed by atoms with van der Waals surface area (Å²) in [6, 6.07) is 3.02. The van der Waals surface area contributed by atoms with Crippen LogP contribution in [0.3, 0.4) is 0 Å². The molecule has 1 aromatic carbocycles. The van der Waals surface area contributed by atoms with Crippen molar-refractivity contribution in [2.45, 2.75) is 0 Å². The Kier molecular flexibility index (Phi) is 3.63. The standard InChI is InChI=1S/C8H8I2O2/c1-9-7-5(11)3-4-6(12)8(7)10-2/h3-4,11-12H,1-2H2. The molecule has 0 fully saturated rings. The van der Waals surface area contributed by atoms with Crippen LogP contribution in [-0.2, 0) is 0 Å². The van der Waals surface area contributed by atoms with E-state index < -0.39 is 41.5 Å². The molecule has 0 amide bonds. The van der Waals surface area contributed by atoms with Crippen molar-refractivity contribution in [1.82, 2.24) is 0 Å². The first-order valence-electron chi connectivity index (χ1n) is 3.02. The van der Waals surface area contributed by atoms with Gasteiger partial charge in [-0.3, -0.25) is 0 Å². The maximum absolute atomic E-state index is 9.41. The Morgan fingerprint density at radius 2 is 1.25 bits per heavy atom. The lowest BCUT2D eigenvalue weighted by molar-refractivity contribution is 0.453. The molecule has 2 nitrogen and oxygen atoms in total. The van der Waals surface area contributed by atoms with Crippen LogP contribution in [0.5, 0.6) is 11.5 Å². The summed E-state index contributed by atoms with van der Waals surface area (Å²) >= 11 is -0.859. The third-order valence-corrected chi connectivity index (χ3v) is 6.05. The molecule has 0 aliphatic rings. The fourth-order valence-electron chi connectivity index (χ4n) is 0.783. The first-order chi connectivity index (χ1) is 5.70. The third-order valence-electron chi connectivity index (χ3n) is 1.31. The van der Waals surface area contributed by atoms with Gasteiger partial charge in [-0.25, -0.2) is 0 Å². The zero-order valence-electron chi connectivity index (χ0n) is 6.22. The highest BCUT2D eigenvalue weighted by molar-refractivity contribution is 14.2. The Morgan fingerprint density at radius 1 is 0.917 bits per heavy atom. The molecule has 12 heavy (non-hydrogen) atoms. The highest BCUT2D eigenvalue weighted by atomic mass is 127. The van der Waals surface area contributed by atoms with E-state index in [1.165, 1.54) is 12.1 Å². The highest BCUT2D eigenvalue weighted by Crippen LogP contribution is 2.34. The normalized spacial score (nSPS) is 10.0. The second-order valence-electron chi connectivity index (χ2n) is 2.00. The van der Waals surface area contributed by atoms with Gasteiger partial charge in [-0.1, -0.05) is 50.5 Å². The van der Waals surface area contributed by atoms with Crippen LogP contribution in [0.4, 0.5) is 0 Å². The summed E-state index contributed by atoms with van der Waals surface area (Å²) in [6.45, 7) is 0. The summed E-state index contributed by atoms with van der Waals surface area (Å²) in [5, 5.41) is 18.8. The molecule has 0 aliphatic carbocycles. The van der Waals surface area contributed by atoms with Gasteiger partial charge in [0.1, 0.15) is 11.5 Å². The van der Waals surface area contributed by atoms with E-state index in [0.29, 0.717) is 0 Å². The van der Waals surface area contributed by atoms with E-state index in [1.54, 1.807) is 0 Å². The monoisotopic (exact) mass is 390 g/mol. The van der Waals surface area contributed by atoms with E-state index in [2.05, 4.69) is 9.03 Å². The van der Waals surface area contributed by atoms with Crippen molar-refractivity contribution in [1.29, 1.82) is 0 Å². The average molecular weight is 390 g/mol. The van der Waals surface area contributed by atoms with E-state index in [1.807, 2.05) is 0 Å². The van der Waals surface area contributed by atoms with E-state index in [9.17, 15) is 10.2 Å². The summed E-state index contributed by atoms with van der Waals surface area (Å²) in [6.07, 6.45) is 0. The fourth-order valence-corrected chi connectivity index (χ4v) is 5.08. The third kappa shape index (κ3) is 1.85. The first-order valence-corrected chi connectivity index (χ1v) is 8.23. The van der Waals surface area contributed by atoms with Crippen molar-refractivity contribution in [2.24, 2.45) is 0 Å². The van der Waals surface area contributed by atoms with E-state index in [-0.39, 0.29) is 11.5 Å². The van der Waals surface area contributed by atoms with Gasteiger partial charge in [-0.15, -0.1) is 0 Å². The summed E-state index contributed by atoms with van der Waals surface area (Å²) in [7, 11) is 0. The lowest BCUT2D eigenvalue weighted by Gasteiger charge is -2.04. The van der Waals surface area contributed by atoms with Crippen molar-refractivity contribution < 1.29 is 10.2 Å². The molecular formula is C8H8I2O2. The minimum atomic E-state index is -0.430. The molecule has 0 bridgehead atoms. The number of halogens is 2. The number of hydrogen-bond donors (Lipinski definition) is 2. The van der Waals surface area contributed by atoms with Crippen LogP contribution in [-0.4, -0.2) is 19.2 Å². The lowest BCUT2D eigenvalue weighted by atomic mass is 10.3. The summed E-state index contributed by atoms with van der Waals surface area (Å²) < 4.78 is 9.28. The maximum atomic E-state index is 9.41. The van der Waals surface area contributed by atoms with Gasteiger partial charge in [-0.05, 0) is 12.1 Å². The van der Waals surface area contributed by atoms with E-state index >= 15 is 0 Å². The number of phenols is 2. The first kappa shape index (κ1) is 10.1. The van der Waals surface area contributed by atoms with E-state index in [0.717, 1.165) is 7.14 Å². The van der Waals surface area contributed by atoms with Crippen LogP contribution >= 0.6 is 41.5 Å². The molecule has 0 atom stereocenters. The summed E-state index contributed by atoms with van der Waals surface area (Å²) in [5.74, 6) is 0.517. The molecule has 4 heteroatoms. The molecule has 1 rings (SSSR count). The zero-order valence-corrected chi connectivity index (χ0v) is 10.5. The number of rotatable bonds is 2. The van der Waals surface area contributed by atoms with Crippen LogP contribution in [0.15, 0.2) is 12.1 Å². The Labute approximate surface area is 90.7 Å². The summed E-state index contributed by atoms with van der Waals surface area (Å²) in [4.78, 5) is 0. The van der Waals surface area contributed by atoms with Gasteiger partial charge in [0.2, 0.25) is 0 Å². The molecule has 0 saturated heterocycles. The molecule has 66 valence electrons. The maximum Gasteiger partial charge on any atom is 0.129 e. The van der Waals surface area contributed by atoms with Gasteiger partial charge in [0.05, 0.1) is 7.14 Å². The molecule has 0 saturated carbocycles. The molecule has 0 aromatic heterocycles. The Hall–Kier alpha value is 0.0200. The average Bonchev–Trinajstić information content (AvgIpc) is 2.08. The van der Waals surface area contributed by atoms with Crippen molar-refractivity contribution in [2.75, 3.05) is 0 Å². The second kappa shape index (κ2) is 4.31. The number of phenolic OH excluding ortho intramolecular Hbond substituents is 2. The molecule has 0 radical (unpaired) electrons. The van der Waals surface area contributed by atoms with Crippen molar-refractivity contribution >= 4 is 50.5 Å². The Morgan fingerprint density at radius 3 is 1.50 bits per heavy atom. The summed E-state index contributed by atoms with van der Waals surface area (Å²) in [5.41, 5.74) is 0. The quantitative estimate of drug-likeness (QED) is 0.601. The molecule has 0 spiro atoms. The predicted molar refractivity (Wildman–Crippen MR) is 69.4 cm³/mol. The van der Waals surface area contributed by atoms with Crippen molar-refractivity contribution in [3.05, 3.63) is 19.3 Å². The molecule has 0 unspecified atom stereocenters. The van der Waals surface area contributed by atoms with Gasteiger partial charge >= 0.3 is 0 Å². The SMILES string of the molecule is C=Ic1c(O)ccc(O)c1I=C. The smallest absolute Gasteiger partial charge is 0.129 e. The number of aromatic hydroxyl groups is 2. The highest BCUT2D eigenvalue weighted by Gasteiger charge is 2.07. The van der Waals surface area contributed by atoms with Crippen LogP contribution in [0.1, 0.15) is 0 Å². The van der Waals surface area contributed by atoms with Gasteiger partial charge < -0.3 is 10.2 Å². The minimum absolute atomic E-state index is 0.258. The van der Waals surface area contributed by atoms with Crippen LogP contribution in [0.2, 0.25) is 0 Å². The molecular weight excluding hydrogens is 382 g/mol. The Bertz CT molecular complexity index is 301.